The van der Waals surface area contributed by atoms with Crippen LogP contribution in [0.15, 0.2) is 46.0 Å². The second-order valence-corrected chi connectivity index (χ2v) is 6.40. The van der Waals surface area contributed by atoms with E-state index in [0.717, 1.165) is 24.4 Å². The maximum absolute atomic E-state index is 13.4. The molecule has 1 N–H and O–H groups in total. The van der Waals surface area contributed by atoms with Crippen molar-refractivity contribution in [1.82, 2.24) is 4.98 Å². The van der Waals surface area contributed by atoms with Gasteiger partial charge in [0.1, 0.15) is 0 Å². The Hall–Kier alpha value is -2.07. The van der Waals surface area contributed by atoms with Gasteiger partial charge >= 0.3 is 0 Å². The van der Waals surface area contributed by atoms with Gasteiger partial charge in [-0.2, -0.15) is 0 Å². The number of hydrogen-bond acceptors (Lipinski definition) is 5. The second kappa shape index (κ2) is 5.74. The number of rotatable bonds is 4. The molecular formula is C11H7BrFN3O4S. The Bertz CT molecular complexity index is 813. The number of benzene rings is 1. The van der Waals surface area contributed by atoms with E-state index in [0.29, 0.717) is 4.47 Å². The molecule has 0 saturated carbocycles. The Morgan fingerprint density at radius 1 is 1.33 bits per heavy atom. The van der Waals surface area contributed by atoms with Gasteiger partial charge in [-0.05, 0) is 18.2 Å². The number of nitro benzene ring substituents is 1. The number of pyridine rings is 1. The SMILES string of the molecule is O=[N+]([O-])c1ccc(Br)cc1S(=O)(=O)Nc1ccncc1F. The first kappa shape index (κ1) is 15.3. The van der Waals surface area contributed by atoms with Crippen LogP contribution in [0.5, 0.6) is 0 Å². The van der Waals surface area contributed by atoms with Crippen molar-refractivity contribution in [3.05, 3.63) is 57.1 Å². The number of sulfonamides is 1. The van der Waals surface area contributed by atoms with E-state index < -0.39 is 31.3 Å². The summed E-state index contributed by atoms with van der Waals surface area (Å²) >= 11 is 3.04. The molecule has 2 rings (SSSR count). The molecule has 0 aliphatic heterocycles. The van der Waals surface area contributed by atoms with Crippen molar-refractivity contribution < 1.29 is 17.7 Å². The van der Waals surface area contributed by atoms with Crippen LogP contribution in [0.1, 0.15) is 0 Å². The van der Waals surface area contributed by atoms with Crippen molar-refractivity contribution in [3.63, 3.8) is 0 Å². The van der Waals surface area contributed by atoms with Crippen molar-refractivity contribution in [2.45, 2.75) is 4.90 Å². The highest BCUT2D eigenvalue weighted by atomic mass is 79.9. The van der Waals surface area contributed by atoms with Crippen LogP contribution in [0.4, 0.5) is 15.8 Å². The standard InChI is InChI=1S/C11H7BrFN3O4S/c12-7-1-2-10(16(17)18)11(5-7)21(19,20)15-9-3-4-14-6-8(9)13/h1-6H,(H,14,15). The summed E-state index contributed by atoms with van der Waals surface area (Å²) < 4.78 is 40.2. The molecule has 7 nitrogen and oxygen atoms in total. The molecule has 10 heteroatoms. The summed E-state index contributed by atoms with van der Waals surface area (Å²) in [7, 11) is -4.32. The fourth-order valence-electron chi connectivity index (χ4n) is 1.51. The number of halogens is 2. The number of anilines is 1. The molecule has 1 heterocycles. The van der Waals surface area contributed by atoms with Crippen LogP contribution in [0.2, 0.25) is 0 Å². The average molecular weight is 376 g/mol. The van der Waals surface area contributed by atoms with E-state index >= 15 is 0 Å². The lowest BCUT2D eigenvalue weighted by atomic mass is 10.3. The van der Waals surface area contributed by atoms with E-state index in [4.69, 9.17) is 0 Å². The third kappa shape index (κ3) is 3.34. The highest BCUT2D eigenvalue weighted by Crippen LogP contribution is 2.29. The normalized spacial score (nSPS) is 11.1. The Kier molecular flexibility index (Phi) is 4.19. The Balaban J connectivity index is 2.52. The lowest BCUT2D eigenvalue weighted by molar-refractivity contribution is -0.387. The fourth-order valence-corrected chi connectivity index (χ4v) is 3.29. The molecule has 1 aromatic heterocycles. The Morgan fingerprint density at radius 3 is 2.67 bits per heavy atom. The first-order valence-corrected chi connectivity index (χ1v) is 7.65. The highest BCUT2D eigenvalue weighted by molar-refractivity contribution is 9.10. The van der Waals surface area contributed by atoms with Gasteiger partial charge in [-0.1, -0.05) is 15.9 Å². The summed E-state index contributed by atoms with van der Waals surface area (Å²) in [6.45, 7) is 0. The molecule has 0 atom stereocenters. The quantitative estimate of drug-likeness (QED) is 0.653. The lowest BCUT2D eigenvalue weighted by Crippen LogP contribution is -2.15. The van der Waals surface area contributed by atoms with Crippen molar-refractivity contribution >= 4 is 37.3 Å². The van der Waals surface area contributed by atoms with Gasteiger partial charge in [-0.3, -0.25) is 19.8 Å². The van der Waals surface area contributed by atoms with Crippen LogP contribution in [0.25, 0.3) is 0 Å². The summed E-state index contributed by atoms with van der Waals surface area (Å²) in [6, 6.07) is 4.56. The van der Waals surface area contributed by atoms with E-state index in [9.17, 15) is 22.9 Å². The fraction of sp³-hybridized carbons (Fsp3) is 0. The molecule has 0 aliphatic carbocycles. The van der Waals surface area contributed by atoms with Gasteiger partial charge in [-0.15, -0.1) is 0 Å². The van der Waals surface area contributed by atoms with Crippen LogP contribution in [0, 0.1) is 15.9 Å². The number of nitro groups is 1. The molecule has 0 fully saturated rings. The van der Waals surface area contributed by atoms with Crippen LogP contribution in [-0.4, -0.2) is 18.3 Å². The first-order valence-electron chi connectivity index (χ1n) is 5.37. The Labute approximate surface area is 127 Å². The molecule has 21 heavy (non-hydrogen) atoms. The van der Waals surface area contributed by atoms with E-state index in [2.05, 4.69) is 20.9 Å². The average Bonchev–Trinajstić information content (AvgIpc) is 2.41. The van der Waals surface area contributed by atoms with E-state index in [1.165, 1.54) is 12.3 Å². The zero-order valence-corrected chi connectivity index (χ0v) is 12.6. The maximum Gasteiger partial charge on any atom is 0.289 e. The molecule has 0 bridgehead atoms. The number of aromatic nitrogens is 1. The van der Waals surface area contributed by atoms with Crippen molar-refractivity contribution in [2.24, 2.45) is 0 Å². The largest absolute Gasteiger partial charge is 0.289 e. The summed E-state index contributed by atoms with van der Waals surface area (Å²) in [5.74, 6) is -0.890. The monoisotopic (exact) mass is 375 g/mol. The van der Waals surface area contributed by atoms with E-state index in [-0.39, 0.29) is 5.69 Å². The molecule has 110 valence electrons. The molecular weight excluding hydrogens is 369 g/mol. The molecule has 2 aromatic rings. The zero-order chi connectivity index (χ0) is 15.6. The van der Waals surface area contributed by atoms with Gasteiger partial charge in [-0.25, -0.2) is 12.8 Å². The minimum atomic E-state index is -4.32. The van der Waals surface area contributed by atoms with Gasteiger partial charge in [0.25, 0.3) is 15.7 Å². The lowest BCUT2D eigenvalue weighted by Gasteiger charge is -2.09. The first-order chi connectivity index (χ1) is 9.81. The van der Waals surface area contributed by atoms with Crippen LogP contribution >= 0.6 is 15.9 Å². The van der Waals surface area contributed by atoms with Gasteiger partial charge in [0.15, 0.2) is 10.7 Å². The molecule has 0 saturated heterocycles. The van der Waals surface area contributed by atoms with E-state index in [1.807, 2.05) is 4.72 Å². The van der Waals surface area contributed by atoms with Crippen molar-refractivity contribution in [3.8, 4) is 0 Å². The van der Waals surface area contributed by atoms with Gasteiger partial charge in [0.2, 0.25) is 0 Å². The summed E-state index contributed by atoms with van der Waals surface area (Å²) in [6.07, 6.45) is 2.02. The smallest absolute Gasteiger partial charge is 0.276 e. The van der Waals surface area contributed by atoms with Gasteiger partial charge in [0.05, 0.1) is 16.8 Å². The predicted molar refractivity (Wildman–Crippen MR) is 75.8 cm³/mol. The third-order valence-corrected chi connectivity index (χ3v) is 4.31. The second-order valence-electron chi connectivity index (χ2n) is 3.83. The molecule has 0 aliphatic rings. The van der Waals surface area contributed by atoms with Gasteiger partial charge < -0.3 is 0 Å². The van der Waals surface area contributed by atoms with Crippen LogP contribution < -0.4 is 4.72 Å². The zero-order valence-electron chi connectivity index (χ0n) is 10.2. The van der Waals surface area contributed by atoms with E-state index in [1.54, 1.807) is 0 Å². The third-order valence-electron chi connectivity index (χ3n) is 2.42. The summed E-state index contributed by atoms with van der Waals surface area (Å²) in [5.41, 5.74) is -0.959. The highest BCUT2D eigenvalue weighted by Gasteiger charge is 2.26. The Morgan fingerprint density at radius 2 is 2.05 bits per heavy atom. The molecule has 0 amide bonds. The minimum Gasteiger partial charge on any atom is -0.276 e. The van der Waals surface area contributed by atoms with Gasteiger partial charge in [0, 0.05) is 16.7 Å². The predicted octanol–water partition coefficient (Wildman–Crippen LogP) is 2.69. The number of nitrogens with one attached hydrogen (secondary N) is 1. The minimum absolute atomic E-state index is 0.337. The molecule has 0 radical (unpaired) electrons. The molecule has 0 unspecified atom stereocenters. The molecule has 0 spiro atoms. The molecule has 1 aromatic carbocycles. The van der Waals surface area contributed by atoms with Crippen LogP contribution in [0.3, 0.4) is 0 Å². The topological polar surface area (TPSA) is 102 Å². The van der Waals surface area contributed by atoms with Crippen molar-refractivity contribution in [2.75, 3.05) is 4.72 Å². The van der Waals surface area contributed by atoms with Crippen molar-refractivity contribution in [1.29, 1.82) is 0 Å². The summed E-state index contributed by atoms with van der Waals surface area (Å²) in [5, 5.41) is 10.9. The van der Waals surface area contributed by atoms with Crippen LogP contribution in [-0.2, 0) is 10.0 Å². The maximum atomic E-state index is 13.4. The number of nitrogens with zero attached hydrogens (tertiary/aromatic N) is 2. The number of hydrogen-bond donors (Lipinski definition) is 1. The summed E-state index contributed by atoms with van der Waals surface area (Å²) in [4.78, 5) is 13.0.